The third-order valence-corrected chi connectivity index (χ3v) is 4.17. The smallest absolute Gasteiger partial charge is 0.00597 e. The van der Waals surface area contributed by atoms with Gasteiger partial charge in [0, 0.05) is 5.33 Å². The lowest BCUT2D eigenvalue weighted by Crippen LogP contribution is -2.24. The van der Waals surface area contributed by atoms with E-state index in [1.807, 2.05) is 0 Å². The first-order chi connectivity index (χ1) is 5.25. The molecule has 1 rings (SSSR count). The molecular weight excluding hydrogens is 200 g/mol. The van der Waals surface area contributed by atoms with E-state index in [1.54, 1.807) is 0 Å². The molecule has 0 amide bonds. The molecule has 0 heterocycles. The number of hydrogen-bond acceptors (Lipinski definition) is 0. The molecule has 0 bridgehead atoms. The van der Waals surface area contributed by atoms with E-state index in [0.717, 1.165) is 17.8 Å². The van der Waals surface area contributed by atoms with Crippen molar-refractivity contribution < 1.29 is 0 Å². The lowest BCUT2D eigenvalue weighted by molar-refractivity contribution is 0.199. The van der Waals surface area contributed by atoms with Gasteiger partial charge in [-0.2, -0.15) is 0 Å². The van der Waals surface area contributed by atoms with Gasteiger partial charge in [-0.05, 0) is 24.2 Å². The minimum atomic E-state index is 0.880. The average molecular weight is 219 g/mol. The van der Waals surface area contributed by atoms with E-state index in [0.29, 0.717) is 0 Å². The Balaban J connectivity index is 2.40. The Morgan fingerprint density at radius 2 is 2.00 bits per heavy atom. The highest BCUT2D eigenvalue weighted by molar-refractivity contribution is 9.09. The fourth-order valence-corrected chi connectivity index (χ4v) is 2.78. The van der Waals surface area contributed by atoms with Gasteiger partial charge in [-0.3, -0.25) is 0 Å². The van der Waals surface area contributed by atoms with Crippen molar-refractivity contribution in [1.29, 1.82) is 0 Å². The van der Waals surface area contributed by atoms with Crippen LogP contribution in [0.4, 0.5) is 0 Å². The zero-order chi connectivity index (χ0) is 8.27. The van der Waals surface area contributed by atoms with Crippen LogP contribution in [-0.4, -0.2) is 5.33 Å². The quantitative estimate of drug-likeness (QED) is 0.619. The van der Waals surface area contributed by atoms with Crippen LogP contribution in [0, 0.1) is 17.8 Å². The minimum absolute atomic E-state index is 0.880. The molecule has 0 aliphatic heterocycles. The van der Waals surface area contributed by atoms with Crippen molar-refractivity contribution in [3.63, 3.8) is 0 Å². The van der Waals surface area contributed by atoms with Gasteiger partial charge in [-0.1, -0.05) is 49.0 Å². The Hall–Kier alpha value is 0.480. The summed E-state index contributed by atoms with van der Waals surface area (Å²) in [6.07, 6.45) is 5.86. The topological polar surface area (TPSA) is 0 Å². The summed E-state index contributed by atoms with van der Waals surface area (Å²) in [4.78, 5) is 0. The first kappa shape index (κ1) is 9.57. The van der Waals surface area contributed by atoms with E-state index in [4.69, 9.17) is 0 Å². The van der Waals surface area contributed by atoms with E-state index in [9.17, 15) is 0 Å². The van der Waals surface area contributed by atoms with Crippen molar-refractivity contribution >= 4 is 15.9 Å². The van der Waals surface area contributed by atoms with Gasteiger partial charge in [-0.25, -0.2) is 0 Å². The van der Waals surface area contributed by atoms with E-state index >= 15 is 0 Å². The number of alkyl halides is 1. The van der Waals surface area contributed by atoms with Crippen LogP contribution in [0.5, 0.6) is 0 Å². The van der Waals surface area contributed by atoms with Crippen LogP contribution in [0.15, 0.2) is 0 Å². The molecular formula is C10H19Br. The molecule has 11 heavy (non-hydrogen) atoms. The largest absolute Gasteiger partial charge is 0.0925 e. The molecule has 1 fully saturated rings. The summed E-state index contributed by atoms with van der Waals surface area (Å²) in [5, 5.41) is 1.18. The highest BCUT2D eigenvalue weighted by Gasteiger charge is 2.25. The van der Waals surface area contributed by atoms with Gasteiger partial charge >= 0.3 is 0 Å². The molecule has 1 aliphatic rings. The molecule has 0 nitrogen and oxygen atoms in total. The van der Waals surface area contributed by atoms with Crippen molar-refractivity contribution in [2.45, 2.75) is 39.5 Å². The second-order valence-electron chi connectivity index (χ2n) is 4.06. The van der Waals surface area contributed by atoms with Gasteiger partial charge in [0.15, 0.2) is 0 Å². The summed E-state index contributed by atoms with van der Waals surface area (Å²) in [6, 6.07) is 0. The molecule has 1 aliphatic carbocycles. The molecule has 1 heteroatoms. The average Bonchev–Trinajstić information content (AvgIpc) is 2.04. The van der Waals surface area contributed by atoms with Crippen molar-refractivity contribution in [2.75, 3.05) is 5.33 Å². The second-order valence-corrected chi connectivity index (χ2v) is 4.70. The van der Waals surface area contributed by atoms with Crippen LogP contribution >= 0.6 is 15.9 Å². The fourth-order valence-electron chi connectivity index (χ4n) is 2.30. The summed E-state index contributed by atoms with van der Waals surface area (Å²) in [5.41, 5.74) is 0. The summed E-state index contributed by atoms with van der Waals surface area (Å²) in [7, 11) is 0. The molecule has 0 aromatic carbocycles. The highest BCUT2D eigenvalue weighted by atomic mass is 79.9. The van der Waals surface area contributed by atoms with Crippen molar-refractivity contribution in [3.8, 4) is 0 Å². The number of rotatable bonds is 2. The predicted molar refractivity (Wildman–Crippen MR) is 54.1 cm³/mol. The molecule has 66 valence electrons. The van der Waals surface area contributed by atoms with Crippen LogP contribution in [-0.2, 0) is 0 Å². The molecule has 0 aromatic heterocycles. The van der Waals surface area contributed by atoms with E-state index in [-0.39, 0.29) is 0 Å². The van der Waals surface area contributed by atoms with Crippen LogP contribution in [0.1, 0.15) is 39.5 Å². The number of hydrogen-bond donors (Lipinski definition) is 0. The third kappa shape index (κ3) is 2.47. The van der Waals surface area contributed by atoms with E-state index in [2.05, 4.69) is 29.8 Å². The maximum atomic E-state index is 3.58. The second kappa shape index (κ2) is 4.49. The first-order valence-corrected chi connectivity index (χ1v) is 5.93. The van der Waals surface area contributed by atoms with Crippen molar-refractivity contribution in [3.05, 3.63) is 0 Å². The summed E-state index contributed by atoms with van der Waals surface area (Å²) >= 11 is 3.58. The van der Waals surface area contributed by atoms with Gasteiger partial charge in [-0.15, -0.1) is 0 Å². The van der Waals surface area contributed by atoms with Gasteiger partial charge in [0.1, 0.15) is 0 Å². The van der Waals surface area contributed by atoms with Crippen molar-refractivity contribution in [1.82, 2.24) is 0 Å². The van der Waals surface area contributed by atoms with Gasteiger partial charge in [0.05, 0.1) is 0 Å². The molecule has 0 N–H and O–H groups in total. The van der Waals surface area contributed by atoms with Crippen LogP contribution in [0.2, 0.25) is 0 Å². The summed E-state index contributed by atoms with van der Waals surface area (Å²) < 4.78 is 0. The van der Waals surface area contributed by atoms with Gasteiger partial charge in [0.2, 0.25) is 0 Å². The minimum Gasteiger partial charge on any atom is -0.0925 e. The molecule has 0 radical (unpaired) electrons. The zero-order valence-electron chi connectivity index (χ0n) is 7.65. The molecule has 3 unspecified atom stereocenters. The third-order valence-electron chi connectivity index (χ3n) is 3.15. The lowest BCUT2D eigenvalue weighted by Gasteiger charge is -2.32. The van der Waals surface area contributed by atoms with Crippen molar-refractivity contribution in [2.24, 2.45) is 17.8 Å². The normalized spacial score (nSPS) is 35.2. The fraction of sp³-hybridized carbons (Fsp3) is 1.00. The highest BCUT2D eigenvalue weighted by Crippen LogP contribution is 2.35. The predicted octanol–water partition coefficient (Wildman–Crippen LogP) is 3.84. The summed E-state index contributed by atoms with van der Waals surface area (Å²) in [6.45, 7) is 4.80. The van der Waals surface area contributed by atoms with Crippen LogP contribution in [0.25, 0.3) is 0 Å². The van der Waals surface area contributed by atoms with E-state index < -0.39 is 0 Å². The Kier molecular flexibility index (Phi) is 3.91. The van der Waals surface area contributed by atoms with E-state index in [1.165, 1.54) is 31.0 Å². The lowest BCUT2D eigenvalue weighted by atomic mass is 9.74. The number of halogens is 1. The Labute approximate surface area is 78.9 Å². The molecule has 0 spiro atoms. The Morgan fingerprint density at radius 1 is 1.36 bits per heavy atom. The summed E-state index contributed by atoms with van der Waals surface area (Å²) in [5.74, 6) is 2.84. The first-order valence-electron chi connectivity index (χ1n) is 4.81. The Morgan fingerprint density at radius 3 is 2.55 bits per heavy atom. The zero-order valence-corrected chi connectivity index (χ0v) is 9.23. The Bertz CT molecular complexity index is 107. The molecule has 0 saturated heterocycles. The van der Waals surface area contributed by atoms with Gasteiger partial charge < -0.3 is 0 Å². The maximum Gasteiger partial charge on any atom is 0.00597 e. The van der Waals surface area contributed by atoms with Gasteiger partial charge in [0.25, 0.3) is 0 Å². The molecule has 1 saturated carbocycles. The molecule has 3 atom stereocenters. The van der Waals surface area contributed by atoms with Crippen LogP contribution < -0.4 is 0 Å². The monoisotopic (exact) mass is 218 g/mol. The standard InChI is InChI=1S/C10H19Br/c1-8-5-3-4-6-10(8)9(2)7-11/h8-10H,3-7H2,1-2H3. The SMILES string of the molecule is CC(CBr)C1CCCCC1C. The molecule has 0 aromatic rings. The maximum absolute atomic E-state index is 3.58. The van der Waals surface area contributed by atoms with Crippen LogP contribution in [0.3, 0.4) is 0 Å².